The molecular formula is C29H28IN3O4. The highest BCUT2D eigenvalue weighted by atomic mass is 127. The number of nitrogens with one attached hydrogen (secondary N) is 2. The van der Waals surface area contributed by atoms with Crippen molar-refractivity contribution in [2.24, 2.45) is 0 Å². The second-order valence-corrected chi connectivity index (χ2v) is 9.40. The van der Waals surface area contributed by atoms with E-state index in [9.17, 15) is 14.9 Å². The average Bonchev–Trinajstić information content (AvgIpc) is 2.88. The Balaban J connectivity index is 1.74. The predicted molar refractivity (Wildman–Crippen MR) is 152 cm³/mol. The number of nitrogens with zero attached hydrogens (tertiary/aromatic N) is 1. The van der Waals surface area contributed by atoms with Gasteiger partial charge in [0.05, 0.1) is 16.2 Å². The summed E-state index contributed by atoms with van der Waals surface area (Å²) in [5.41, 5.74) is 3.29. The normalized spacial score (nSPS) is 11.7. The van der Waals surface area contributed by atoms with Gasteiger partial charge in [-0.1, -0.05) is 48.0 Å². The summed E-state index contributed by atoms with van der Waals surface area (Å²) < 4.78 is 12.2. The number of carbonyl (C=O) groups is 2. The molecule has 0 unspecified atom stereocenters. The van der Waals surface area contributed by atoms with Gasteiger partial charge in [0, 0.05) is 5.69 Å². The highest BCUT2D eigenvalue weighted by Crippen LogP contribution is 2.35. The van der Waals surface area contributed by atoms with E-state index in [1.165, 1.54) is 6.08 Å². The van der Waals surface area contributed by atoms with Gasteiger partial charge in [-0.3, -0.25) is 9.59 Å². The zero-order valence-electron chi connectivity index (χ0n) is 20.9. The quantitative estimate of drug-likeness (QED) is 0.172. The third-order valence-corrected chi connectivity index (χ3v) is 6.14. The molecule has 0 aliphatic heterocycles. The number of hydrogen-bond acceptors (Lipinski definition) is 5. The zero-order valence-corrected chi connectivity index (χ0v) is 23.0. The first-order chi connectivity index (χ1) is 17.8. The van der Waals surface area contributed by atoms with Crippen LogP contribution in [0.1, 0.15) is 36.6 Å². The van der Waals surface area contributed by atoms with Crippen molar-refractivity contribution >= 4 is 46.2 Å². The Bertz CT molecular complexity index is 1320. The van der Waals surface area contributed by atoms with Gasteiger partial charge >= 0.3 is 0 Å². The van der Waals surface area contributed by atoms with Crippen LogP contribution in [0.15, 0.2) is 72.3 Å². The van der Waals surface area contributed by atoms with Gasteiger partial charge in [0.15, 0.2) is 18.1 Å². The zero-order chi connectivity index (χ0) is 26.8. The van der Waals surface area contributed by atoms with Crippen molar-refractivity contribution in [2.45, 2.75) is 26.8 Å². The van der Waals surface area contributed by atoms with Crippen LogP contribution in [-0.4, -0.2) is 25.0 Å². The van der Waals surface area contributed by atoms with E-state index in [1.807, 2.05) is 81.4 Å². The summed E-state index contributed by atoms with van der Waals surface area (Å²) >= 11 is 2.08. The molecule has 0 aliphatic rings. The molecule has 3 aromatic rings. The highest BCUT2D eigenvalue weighted by molar-refractivity contribution is 14.1. The second kappa shape index (κ2) is 13.5. The molecule has 0 bridgehead atoms. The third-order valence-electron chi connectivity index (χ3n) is 5.34. The molecule has 0 saturated carbocycles. The van der Waals surface area contributed by atoms with Crippen molar-refractivity contribution in [2.75, 3.05) is 18.5 Å². The number of benzene rings is 3. The summed E-state index contributed by atoms with van der Waals surface area (Å²) in [5, 5.41) is 15.3. The lowest BCUT2D eigenvalue weighted by Gasteiger charge is -2.15. The lowest BCUT2D eigenvalue weighted by atomic mass is 10.1. The molecule has 2 N–H and O–H groups in total. The third kappa shape index (κ3) is 8.08. The Hall–Kier alpha value is -3.84. The van der Waals surface area contributed by atoms with E-state index >= 15 is 0 Å². The fourth-order valence-corrected chi connectivity index (χ4v) is 4.24. The molecule has 7 nitrogen and oxygen atoms in total. The average molecular weight is 609 g/mol. The van der Waals surface area contributed by atoms with Gasteiger partial charge in [-0.2, -0.15) is 5.26 Å². The molecule has 0 fully saturated rings. The highest BCUT2D eigenvalue weighted by Gasteiger charge is 2.17. The summed E-state index contributed by atoms with van der Waals surface area (Å²) in [6, 6.07) is 22.2. The summed E-state index contributed by atoms with van der Waals surface area (Å²) in [7, 11) is 0. The van der Waals surface area contributed by atoms with Gasteiger partial charge in [-0.25, -0.2) is 0 Å². The molecule has 3 aromatic carbocycles. The topological polar surface area (TPSA) is 100 Å². The smallest absolute Gasteiger partial charge is 0.262 e. The Morgan fingerprint density at radius 3 is 2.43 bits per heavy atom. The largest absolute Gasteiger partial charge is 0.490 e. The summed E-state index contributed by atoms with van der Waals surface area (Å²) in [4.78, 5) is 25.2. The van der Waals surface area contributed by atoms with Gasteiger partial charge < -0.3 is 20.1 Å². The molecule has 190 valence electrons. The first kappa shape index (κ1) is 27.7. The first-order valence-corrected chi connectivity index (χ1v) is 12.8. The van der Waals surface area contributed by atoms with Crippen molar-refractivity contribution in [3.05, 3.63) is 92.6 Å². The fraction of sp³-hybridized carbons (Fsp3) is 0.207. The van der Waals surface area contributed by atoms with E-state index < -0.39 is 5.91 Å². The van der Waals surface area contributed by atoms with Crippen LogP contribution in [0, 0.1) is 21.8 Å². The van der Waals surface area contributed by atoms with E-state index in [1.54, 1.807) is 12.1 Å². The summed E-state index contributed by atoms with van der Waals surface area (Å²) in [5.74, 6) is 0.0559. The van der Waals surface area contributed by atoms with Gasteiger partial charge in [0.1, 0.15) is 11.6 Å². The second-order valence-electron chi connectivity index (χ2n) is 8.24. The minimum absolute atomic E-state index is 0.0350. The van der Waals surface area contributed by atoms with Gasteiger partial charge in [0.2, 0.25) is 0 Å². The maximum absolute atomic E-state index is 12.8. The Labute approximate surface area is 230 Å². The fourth-order valence-electron chi connectivity index (χ4n) is 3.46. The van der Waals surface area contributed by atoms with Gasteiger partial charge in [0.25, 0.3) is 11.8 Å². The lowest BCUT2D eigenvalue weighted by Crippen LogP contribution is -2.27. The molecule has 2 amide bonds. The van der Waals surface area contributed by atoms with Crippen LogP contribution in [-0.2, 0) is 9.59 Å². The molecule has 0 aromatic heterocycles. The molecule has 0 heterocycles. The van der Waals surface area contributed by atoms with Crippen LogP contribution in [0.5, 0.6) is 11.5 Å². The van der Waals surface area contributed by atoms with Crippen LogP contribution in [0.2, 0.25) is 0 Å². The Morgan fingerprint density at radius 2 is 1.78 bits per heavy atom. The monoisotopic (exact) mass is 609 g/mol. The van der Waals surface area contributed by atoms with Gasteiger partial charge in [-0.05, 0) is 84.8 Å². The molecule has 0 spiro atoms. The van der Waals surface area contributed by atoms with E-state index in [4.69, 9.17) is 9.47 Å². The standard InChI is InChI=1S/C29H28IN3O4/c1-4-36-26-16-21(14-23(17-31)29(35)32-20(3)22-8-6-5-7-9-22)15-25(30)28(26)37-18-27(34)33-24-12-10-19(2)11-13-24/h5-16,20H,4,18H2,1-3H3,(H,32,35)(H,33,34)/b23-14-/t20-/m1/s1. The minimum Gasteiger partial charge on any atom is -0.490 e. The van der Waals surface area contributed by atoms with Crippen molar-refractivity contribution in [1.29, 1.82) is 5.26 Å². The number of aryl methyl sites for hydroxylation is 1. The van der Waals surface area contributed by atoms with Crippen molar-refractivity contribution < 1.29 is 19.1 Å². The summed E-state index contributed by atoms with van der Waals surface area (Å²) in [6.45, 7) is 5.83. The molecule has 0 saturated heterocycles. The first-order valence-electron chi connectivity index (χ1n) is 11.7. The number of halogens is 1. The van der Waals surface area contributed by atoms with E-state index in [0.717, 1.165) is 11.1 Å². The van der Waals surface area contributed by atoms with Crippen LogP contribution in [0.3, 0.4) is 0 Å². The van der Waals surface area contributed by atoms with Crippen LogP contribution in [0.4, 0.5) is 5.69 Å². The number of carbonyl (C=O) groups excluding carboxylic acids is 2. The maximum atomic E-state index is 12.8. The minimum atomic E-state index is -0.472. The number of ether oxygens (including phenoxy) is 2. The molecule has 37 heavy (non-hydrogen) atoms. The van der Waals surface area contributed by atoms with E-state index in [-0.39, 0.29) is 24.1 Å². The predicted octanol–water partition coefficient (Wildman–Crippen LogP) is 5.80. The molecule has 1 atom stereocenters. The van der Waals surface area contributed by atoms with Crippen molar-refractivity contribution in [3.8, 4) is 17.6 Å². The molecule has 3 rings (SSSR count). The van der Waals surface area contributed by atoms with E-state index in [0.29, 0.717) is 32.9 Å². The molecule has 0 radical (unpaired) electrons. The number of rotatable bonds is 10. The number of anilines is 1. The molecule has 8 heteroatoms. The Kier molecular flexibility index (Phi) is 10.1. The van der Waals surface area contributed by atoms with Crippen molar-refractivity contribution in [1.82, 2.24) is 5.32 Å². The van der Waals surface area contributed by atoms with E-state index in [2.05, 4.69) is 33.2 Å². The lowest BCUT2D eigenvalue weighted by molar-refractivity contribution is -0.118. The molecular weight excluding hydrogens is 581 g/mol. The maximum Gasteiger partial charge on any atom is 0.262 e. The van der Waals surface area contributed by atoms with Crippen LogP contribution < -0.4 is 20.1 Å². The van der Waals surface area contributed by atoms with Crippen LogP contribution in [0.25, 0.3) is 6.08 Å². The number of nitriles is 1. The molecule has 0 aliphatic carbocycles. The van der Waals surface area contributed by atoms with Crippen molar-refractivity contribution in [3.63, 3.8) is 0 Å². The Morgan fingerprint density at radius 1 is 1.08 bits per heavy atom. The summed E-state index contributed by atoms with van der Waals surface area (Å²) in [6.07, 6.45) is 1.51. The number of amides is 2. The SMILES string of the molecule is CCOc1cc(/C=C(/C#N)C(=O)N[C@H](C)c2ccccc2)cc(I)c1OCC(=O)Nc1ccc(C)cc1. The van der Waals surface area contributed by atoms with Gasteiger partial charge in [-0.15, -0.1) is 0 Å². The number of hydrogen-bond donors (Lipinski definition) is 2. The van der Waals surface area contributed by atoms with Crippen LogP contribution >= 0.6 is 22.6 Å².